The molecule has 0 spiro atoms. The molecule has 0 atom stereocenters. The summed E-state index contributed by atoms with van der Waals surface area (Å²) in [6.45, 7) is 7.25. The highest BCUT2D eigenvalue weighted by molar-refractivity contribution is 4.26. The van der Waals surface area contributed by atoms with Crippen LogP contribution in [0, 0.1) is 0 Å². The predicted molar refractivity (Wildman–Crippen MR) is 33.8 cm³/mol. The first kappa shape index (κ1) is 7.92. The van der Waals surface area contributed by atoms with Gasteiger partial charge in [-0.3, -0.25) is 0 Å². The molecule has 0 amide bonds. The molecule has 0 radical (unpaired) electrons. The lowest BCUT2D eigenvalue weighted by Crippen LogP contribution is -2.11. The van der Waals surface area contributed by atoms with E-state index >= 15 is 0 Å². The summed E-state index contributed by atoms with van der Waals surface area (Å²) in [6, 6.07) is 0. The van der Waals surface area contributed by atoms with Crippen LogP contribution in [0.3, 0.4) is 0 Å². The Morgan fingerprint density at radius 1 is 1.25 bits per heavy atom. The second kappa shape index (κ2) is 5.06. The molecular weight excluding hydrogens is 104 g/mol. The Kier molecular flexibility index (Phi) is 5.01. The molecule has 0 rings (SSSR count). The van der Waals surface area contributed by atoms with Crippen LogP contribution >= 0.6 is 0 Å². The standard InChI is InChI=1S/C6H14O2/c1-4-7-6(3)8-5-2/h6H,4-5H2,1-3H3/p+1. The summed E-state index contributed by atoms with van der Waals surface area (Å²) < 4.78 is 10.1. The van der Waals surface area contributed by atoms with Gasteiger partial charge in [0.1, 0.15) is 0 Å². The fraction of sp³-hybridized carbons (Fsp3) is 1.00. The lowest BCUT2D eigenvalue weighted by Gasteiger charge is -2.09. The fourth-order valence-corrected chi connectivity index (χ4v) is 0.518. The summed E-state index contributed by atoms with van der Waals surface area (Å²) in [5.41, 5.74) is 0. The molecule has 0 unspecified atom stereocenters. The molecule has 0 heterocycles. The molecule has 0 aromatic heterocycles. The van der Waals surface area contributed by atoms with Crippen molar-refractivity contribution < 1.29 is 10.9 Å². The van der Waals surface area contributed by atoms with Crippen LogP contribution in [0.15, 0.2) is 0 Å². The first-order valence-corrected chi connectivity index (χ1v) is 3.04. The largest absolute Gasteiger partial charge is 1.00 e. The summed E-state index contributed by atoms with van der Waals surface area (Å²) >= 11 is 0. The van der Waals surface area contributed by atoms with Crippen molar-refractivity contribution in [3.63, 3.8) is 0 Å². The Bertz CT molecular complexity index is 44.3. The van der Waals surface area contributed by atoms with E-state index in [0.717, 1.165) is 13.2 Å². The Morgan fingerprint density at radius 2 is 1.62 bits per heavy atom. The summed E-state index contributed by atoms with van der Waals surface area (Å²) in [5.74, 6) is 0. The summed E-state index contributed by atoms with van der Waals surface area (Å²) in [6.07, 6.45) is -0.0370. The van der Waals surface area contributed by atoms with Crippen molar-refractivity contribution in [1.29, 1.82) is 0 Å². The van der Waals surface area contributed by atoms with Gasteiger partial charge in [0.25, 0.3) is 0 Å². The van der Waals surface area contributed by atoms with Gasteiger partial charge in [-0.2, -0.15) is 0 Å². The number of rotatable bonds is 4. The van der Waals surface area contributed by atoms with Gasteiger partial charge in [0.2, 0.25) is 0 Å². The smallest absolute Gasteiger partial charge is 0.353 e. The molecule has 0 fully saturated rings. The molecule has 0 aromatic rings. The molecule has 0 bridgehead atoms. The number of hydrogen-bond acceptors (Lipinski definition) is 2. The van der Waals surface area contributed by atoms with Crippen LogP contribution in [-0.4, -0.2) is 19.5 Å². The minimum atomic E-state index is -0.0370. The maximum atomic E-state index is 5.06. The van der Waals surface area contributed by atoms with Crippen LogP contribution in [0.2, 0.25) is 0 Å². The minimum absolute atomic E-state index is 0. The summed E-state index contributed by atoms with van der Waals surface area (Å²) in [5, 5.41) is 0. The molecule has 0 aliphatic carbocycles. The first-order valence-electron chi connectivity index (χ1n) is 3.04. The van der Waals surface area contributed by atoms with Crippen molar-refractivity contribution in [3.05, 3.63) is 0 Å². The van der Waals surface area contributed by atoms with Crippen LogP contribution in [-0.2, 0) is 9.47 Å². The van der Waals surface area contributed by atoms with Gasteiger partial charge in [-0.25, -0.2) is 0 Å². The van der Waals surface area contributed by atoms with Crippen molar-refractivity contribution in [1.82, 2.24) is 0 Å². The molecule has 0 saturated carbocycles. The third-order valence-corrected chi connectivity index (χ3v) is 0.803. The zero-order valence-corrected chi connectivity index (χ0v) is 5.81. The highest BCUT2D eigenvalue weighted by atomic mass is 16.7. The third-order valence-electron chi connectivity index (χ3n) is 0.803. The van der Waals surface area contributed by atoms with Crippen LogP contribution in [0.5, 0.6) is 0 Å². The first-order chi connectivity index (χ1) is 3.81. The average Bonchev–Trinajstić information content (AvgIpc) is 1.68. The Hall–Kier alpha value is -0.0800. The quantitative estimate of drug-likeness (QED) is 0.522. The van der Waals surface area contributed by atoms with Crippen LogP contribution in [0.25, 0.3) is 0 Å². The second-order valence-electron chi connectivity index (χ2n) is 1.48. The van der Waals surface area contributed by atoms with Gasteiger partial charge in [-0.15, -0.1) is 0 Å². The van der Waals surface area contributed by atoms with E-state index in [-0.39, 0.29) is 7.72 Å². The Labute approximate surface area is 52.3 Å². The lowest BCUT2D eigenvalue weighted by atomic mass is 10.7. The van der Waals surface area contributed by atoms with E-state index in [2.05, 4.69) is 0 Å². The van der Waals surface area contributed by atoms with Crippen molar-refractivity contribution >= 4 is 0 Å². The highest BCUT2D eigenvalue weighted by Crippen LogP contribution is 1.90. The van der Waals surface area contributed by atoms with Gasteiger partial charge in [0.15, 0.2) is 6.29 Å². The maximum absolute atomic E-state index is 5.06. The van der Waals surface area contributed by atoms with E-state index < -0.39 is 0 Å². The van der Waals surface area contributed by atoms with E-state index in [1.165, 1.54) is 0 Å². The topological polar surface area (TPSA) is 18.5 Å². The van der Waals surface area contributed by atoms with Crippen molar-refractivity contribution in [3.8, 4) is 0 Å². The van der Waals surface area contributed by atoms with Crippen LogP contribution < -0.4 is 0 Å². The van der Waals surface area contributed by atoms with Crippen molar-refractivity contribution in [2.45, 2.75) is 27.1 Å². The molecule has 0 N–H and O–H groups in total. The van der Waals surface area contributed by atoms with Gasteiger partial charge in [-0.05, 0) is 20.8 Å². The van der Waals surface area contributed by atoms with E-state index in [1.54, 1.807) is 0 Å². The van der Waals surface area contributed by atoms with Crippen LogP contribution in [0.1, 0.15) is 22.2 Å². The Morgan fingerprint density at radius 3 is 1.88 bits per heavy atom. The maximum Gasteiger partial charge on any atom is 1.00 e. The fourth-order valence-electron chi connectivity index (χ4n) is 0.518. The number of ether oxygens (including phenoxy) is 2. The lowest BCUT2D eigenvalue weighted by molar-refractivity contribution is -0.123. The highest BCUT2D eigenvalue weighted by Gasteiger charge is 1.94. The van der Waals surface area contributed by atoms with Crippen LogP contribution in [0.4, 0.5) is 0 Å². The average molecular weight is 119 g/mol. The predicted octanol–water partition coefficient (Wildman–Crippen LogP) is 1.52. The molecular formula is C6H15O2+. The summed E-state index contributed by atoms with van der Waals surface area (Å²) in [7, 11) is 0. The summed E-state index contributed by atoms with van der Waals surface area (Å²) in [4.78, 5) is 0. The van der Waals surface area contributed by atoms with Crippen molar-refractivity contribution in [2.24, 2.45) is 0 Å². The van der Waals surface area contributed by atoms with Gasteiger partial charge in [-0.1, -0.05) is 0 Å². The van der Waals surface area contributed by atoms with Crippen molar-refractivity contribution in [2.75, 3.05) is 13.2 Å². The third kappa shape index (κ3) is 4.09. The molecule has 0 saturated heterocycles. The SMILES string of the molecule is CCOC(C)OCC.[H+]. The van der Waals surface area contributed by atoms with Gasteiger partial charge in [0.05, 0.1) is 0 Å². The molecule has 0 aliphatic heterocycles. The Balaban J connectivity index is 0. The zero-order chi connectivity index (χ0) is 6.41. The van der Waals surface area contributed by atoms with E-state index in [1.807, 2.05) is 20.8 Å². The van der Waals surface area contributed by atoms with Gasteiger partial charge >= 0.3 is 1.43 Å². The monoisotopic (exact) mass is 119 g/mol. The normalized spacial score (nSPS) is 10.5. The molecule has 0 aliphatic rings. The van der Waals surface area contributed by atoms with E-state index in [0.29, 0.717) is 0 Å². The van der Waals surface area contributed by atoms with E-state index in [9.17, 15) is 0 Å². The minimum Gasteiger partial charge on any atom is -0.353 e. The second-order valence-corrected chi connectivity index (χ2v) is 1.48. The van der Waals surface area contributed by atoms with Gasteiger partial charge in [0, 0.05) is 13.2 Å². The molecule has 50 valence electrons. The zero-order valence-electron chi connectivity index (χ0n) is 6.81. The van der Waals surface area contributed by atoms with Gasteiger partial charge < -0.3 is 9.47 Å². The molecule has 2 heteroatoms. The molecule has 2 nitrogen and oxygen atoms in total. The number of hydrogen-bond donors (Lipinski definition) is 0. The molecule has 0 aromatic carbocycles. The van der Waals surface area contributed by atoms with E-state index in [4.69, 9.17) is 9.47 Å². The molecule has 8 heavy (non-hydrogen) atoms.